The predicted octanol–water partition coefficient (Wildman–Crippen LogP) is 1.70. The van der Waals surface area contributed by atoms with Crippen molar-refractivity contribution in [2.45, 2.75) is 18.9 Å². The fourth-order valence-corrected chi connectivity index (χ4v) is 1.68. The molecule has 0 heterocycles. The molecule has 0 aliphatic heterocycles. The van der Waals surface area contributed by atoms with Crippen molar-refractivity contribution in [3.63, 3.8) is 0 Å². The summed E-state index contributed by atoms with van der Waals surface area (Å²) in [5, 5.41) is 8.68. The van der Waals surface area contributed by atoms with Gasteiger partial charge in [0.05, 0.1) is 0 Å². The van der Waals surface area contributed by atoms with E-state index in [9.17, 15) is 0 Å². The van der Waals surface area contributed by atoms with Gasteiger partial charge in [-0.2, -0.15) is 0 Å². The molecule has 72 valence electrons. The van der Waals surface area contributed by atoms with Gasteiger partial charge in [0.25, 0.3) is 0 Å². The number of hydrogen-bond donors (Lipinski definition) is 2. The summed E-state index contributed by atoms with van der Waals surface area (Å²) in [4.78, 5) is 0. The molecule has 0 fully saturated rings. The standard InChI is InChI=1S/C10H14BrNO/c11-9-3-1-2-8(6-9)7-10(12)4-5-13/h1-3,6,10,13H,4-5,7,12H2. The van der Waals surface area contributed by atoms with Crippen LogP contribution in [0, 0.1) is 0 Å². The second kappa shape index (κ2) is 5.37. The summed E-state index contributed by atoms with van der Waals surface area (Å²) in [6.07, 6.45) is 1.48. The van der Waals surface area contributed by atoms with E-state index in [2.05, 4.69) is 22.0 Å². The third-order valence-corrected chi connectivity index (χ3v) is 2.38. The molecule has 0 saturated carbocycles. The van der Waals surface area contributed by atoms with Crippen molar-refractivity contribution in [1.82, 2.24) is 0 Å². The fourth-order valence-electron chi connectivity index (χ4n) is 1.23. The normalized spacial score (nSPS) is 12.8. The SMILES string of the molecule is NC(CCO)Cc1cccc(Br)c1. The lowest BCUT2D eigenvalue weighted by Crippen LogP contribution is -2.23. The topological polar surface area (TPSA) is 46.2 Å². The van der Waals surface area contributed by atoms with Crippen molar-refractivity contribution in [2.24, 2.45) is 5.73 Å². The summed E-state index contributed by atoms with van der Waals surface area (Å²) in [6.45, 7) is 0.162. The number of nitrogens with two attached hydrogens (primary N) is 1. The highest BCUT2D eigenvalue weighted by molar-refractivity contribution is 9.10. The Morgan fingerprint density at radius 3 is 2.85 bits per heavy atom. The first kappa shape index (κ1) is 10.7. The van der Waals surface area contributed by atoms with Crippen LogP contribution >= 0.6 is 15.9 Å². The number of aliphatic hydroxyl groups excluding tert-OH is 1. The van der Waals surface area contributed by atoms with Crippen molar-refractivity contribution in [3.8, 4) is 0 Å². The van der Waals surface area contributed by atoms with Crippen LogP contribution in [0.15, 0.2) is 28.7 Å². The largest absolute Gasteiger partial charge is 0.396 e. The van der Waals surface area contributed by atoms with E-state index in [1.807, 2.05) is 18.2 Å². The van der Waals surface area contributed by atoms with Gasteiger partial charge >= 0.3 is 0 Å². The second-order valence-electron chi connectivity index (χ2n) is 3.11. The summed E-state index contributed by atoms with van der Waals surface area (Å²) in [5.74, 6) is 0. The van der Waals surface area contributed by atoms with Gasteiger partial charge in [-0.25, -0.2) is 0 Å². The molecule has 0 saturated heterocycles. The Hall–Kier alpha value is -0.380. The summed E-state index contributed by atoms with van der Waals surface area (Å²) in [6, 6.07) is 8.13. The van der Waals surface area contributed by atoms with Crippen LogP contribution in [0.1, 0.15) is 12.0 Å². The van der Waals surface area contributed by atoms with Crippen LogP contribution in [0.3, 0.4) is 0 Å². The lowest BCUT2D eigenvalue weighted by atomic mass is 10.0. The van der Waals surface area contributed by atoms with E-state index in [-0.39, 0.29) is 12.6 Å². The minimum Gasteiger partial charge on any atom is -0.396 e. The molecular weight excluding hydrogens is 230 g/mol. The van der Waals surface area contributed by atoms with E-state index in [1.165, 1.54) is 5.56 Å². The molecular formula is C10H14BrNO. The van der Waals surface area contributed by atoms with Crippen LogP contribution in [0.5, 0.6) is 0 Å². The lowest BCUT2D eigenvalue weighted by Gasteiger charge is -2.09. The molecule has 3 N–H and O–H groups in total. The van der Waals surface area contributed by atoms with E-state index in [4.69, 9.17) is 10.8 Å². The third kappa shape index (κ3) is 3.89. The first-order chi connectivity index (χ1) is 6.22. The van der Waals surface area contributed by atoms with Crippen molar-refractivity contribution in [2.75, 3.05) is 6.61 Å². The summed E-state index contributed by atoms with van der Waals surface area (Å²) in [5.41, 5.74) is 7.00. The Balaban J connectivity index is 2.53. The Morgan fingerprint density at radius 1 is 1.46 bits per heavy atom. The molecule has 0 bridgehead atoms. The van der Waals surface area contributed by atoms with Gasteiger partial charge in [-0.1, -0.05) is 28.1 Å². The van der Waals surface area contributed by atoms with Crippen molar-refractivity contribution in [3.05, 3.63) is 34.3 Å². The van der Waals surface area contributed by atoms with E-state index in [0.717, 1.165) is 10.9 Å². The molecule has 1 rings (SSSR count). The second-order valence-corrected chi connectivity index (χ2v) is 4.02. The van der Waals surface area contributed by atoms with Crippen LogP contribution < -0.4 is 5.73 Å². The molecule has 1 aromatic carbocycles. The smallest absolute Gasteiger partial charge is 0.0445 e. The number of rotatable bonds is 4. The molecule has 0 amide bonds. The minimum absolute atomic E-state index is 0.0549. The van der Waals surface area contributed by atoms with Crippen LogP contribution in [0.2, 0.25) is 0 Å². The average molecular weight is 244 g/mol. The highest BCUT2D eigenvalue weighted by Gasteiger charge is 2.02. The Labute approximate surface area is 86.9 Å². The van der Waals surface area contributed by atoms with Gasteiger partial charge < -0.3 is 10.8 Å². The molecule has 0 radical (unpaired) electrons. The van der Waals surface area contributed by atoms with E-state index >= 15 is 0 Å². The van der Waals surface area contributed by atoms with Crippen LogP contribution in [0.4, 0.5) is 0 Å². The highest BCUT2D eigenvalue weighted by atomic mass is 79.9. The fraction of sp³-hybridized carbons (Fsp3) is 0.400. The Kier molecular flexibility index (Phi) is 4.42. The molecule has 0 aromatic heterocycles. The van der Waals surface area contributed by atoms with Crippen molar-refractivity contribution in [1.29, 1.82) is 0 Å². The lowest BCUT2D eigenvalue weighted by molar-refractivity contribution is 0.275. The molecule has 2 nitrogen and oxygen atoms in total. The minimum atomic E-state index is 0.0549. The maximum absolute atomic E-state index is 8.68. The van der Waals surface area contributed by atoms with Gasteiger partial charge in [0.15, 0.2) is 0 Å². The quantitative estimate of drug-likeness (QED) is 0.846. The zero-order chi connectivity index (χ0) is 9.68. The predicted molar refractivity (Wildman–Crippen MR) is 57.5 cm³/mol. The van der Waals surface area contributed by atoms with Gasteiger partial charge in [0.1, 0.15) is 0 Å². The van der Waals surface area contributed by atoms with Crippen LogP contribution in [-0.2, 0) is 6.42 Å². The van der Waals surface area contributed by atoms with Crippen LogP contribution in [-0.4, -0.2) is 17.8 Å². The summed E-state index contributed by atoms with van der Waals surface area (Å²) < 4.78 is 1.07. The number of aliphatic hydroxyl groups is 1. The van der Waals surface area contributed by atoms with E-state index in [1.54, 1.807) is 0 Å². The molecule has 1 aromatic rings. The van der Waals surface area contributed by atoms with Gasteiger partial charge in [0.2, 0.25) is 0 Å². The number of hydrogen-bond acceptors (Lipinski definition) is 2. The van der Waals surface area contributed by atoms with Gasteiger partial charge in [-0.15, -0.1) is 0 Å². The number of benzene rings is 1. The highest BCUT2D eigenvalue weighted by Crippen LogP contribution is 2.13. The maximum atomic E-state index is 8.68. The Bertz CT molecular complexity index is 265. The maximum Gasteiger partial charge on any atom is 0.0445 e. The molecule has 1 atom stereocenters. The molecule has 0 spiro atoms. The molecule has 13 heavy (non-hydrogen) atoms. The Morgan fingerprint density at radius 2 is 2.23 bits per heavy atom. The van der Waals surface area contributed by atoms with E-state index in [0.29, 0.717) is 6.42 Å². The number of halogens is 1. The molecule has 0 aliphatic rings. The molecule has 3 heteroatoms. The molecule has 1 unspecified atom stereocenters. The van der Waals surface area contributed by atoms with Crippen LogP contribution in [0.25, 0.3) is 0 Å². The van der Waals surface area contributed by atoms with Gasteiger partial charge in [-0.05, 0) is 30.5 Å². The monoisotopic (exact) mass is 243 g/mol. The third-order valence-electron chi connectivity index (χ3n) is 1.89. The first-order valence-electron chi connectivity index (χ1n) is 4.33. The summed E-state index contributed by atoms with van der Waals surface area (Å²) >= 11 is 3.40. The van der Waals surface area contributed by atoms with Crippen molar-refractivity contribution >= 4 is 15.9 Å². The van der Waals surface area contributed by atoms with Crippen molar-refractivity contribution < 1.29 is 5.11 Å². The molecule has 0 aliphatic carbocycles. The first-order valence-corrected chi connectivity index (χ1v) is 5.12. The van der Waals surface area contributed by atoms with Gasteiger partial charge in [0, 0.05) is 17.1 Å². The zero-order valence-corrected chi connectivity index (χ0v) is 9.00. The summed E-state index contributed by atoms with van der Waals surface area (Å²) in [7, 11) is 0. The van der Waals surface area contributed by atoms with E-state index < -0.39 is 0 Å². The average Bonchev–Trinajstić information content (AvgIpc) is 2.04. The van der Waals surface area contributed by atoms with Gasteiger partial charge in [-0.3, -0.25) is 0 Å². The zero-order valence-electron chi connectivity index (χ0n) is 7.41.